The Morgan fingerprint density at radius 1 is 0.955 bits per heavy atom. The first-order valence-corrected chi connectivity index (χ1v) is 7.98. The van der Waals surface area contributed by atoms with Crippen LogP contribution in [0.25, 0.3) is 6.08 Å². The van der Waals surface area contributed by atoms with E-state index in [0.717, 1.165) is 12.8 Å². The molecule has 0 heterocycles. The van der Waals surface area contributed by atoms with Gasteiger partial charge < -0.3 is 10.2 Å². The molecule has 2 N–H and O–H groups in total. The van der Waals surface area contributed by atoms with Crippen LogP contribution in [0.5, 0.6) is 11.5 Å². The number of phenolic OH excluding ortho intramolecular Hbond substituents is 2. The van der Waals surface area contributed by atoms with Gasteiger partial charge in [0.2, 0.25) is 0 Å². The Morgan fingerprint density at radius 2 is 1.59 bits per heavy atom. The van der Waals surface area contributed by atoms with E-state index in [1.165, 1.54) is 6.42 Å². The Morgan fingerprint density at radius 3 is 2.14 bits per heavy atom. The molecule has 22 heavy (non-hydrogen) atoms. The third-order valence-electron chi connectivity index (χ3n) is 4.24. The number of aromatic hydroxyl groups is 2. The Bertz CT molecular complexity index is 557. The summed E-state index contributed by atoms with van der Waals surface area (Å²) >= 11 is 0. The molecule has 0 aliphatic rings. The van der Waals surface area contributed by atoms with Crippen molar-refractivity contribution < 1.29 is 15.0 Å². The summed E-state index contributed by atoms with van der Waals surface area (Å²) in [7, 11) is 0. The lowest BCUT2D eigenvalue weighted by atomic mass is 9.95. The average Bonchev–Trinajstić information content (AvgIpc) is 2.45. The Balaban J connectivity index is 2.95. The topological polar surface area (TPSA) is 57.5 Å². The summed E-state index contributed by atoms with van der Waals surface area (Å²) in [4.78, 5) is 11.1. The fourth-order valence-corrected chi connectivity index (χ4v) is 2.52. The summed E-state index contributed by atoms with van der Waals surface area (Å²) in [6.45, 7) is 10.0. The molecule has 1 unspecified atom stereocenters. The van der Waals surface area contributed by atoms with E-state index in [-0.39, 0.29) is 17.1 Å². The zero-order valence-electron chi connectivity index (χ0n) is 14.3. The summed E-state index contributed by atoms with van der Waals surface area (Å²) in [6.07, 6.45) is 7.78. The number of hydrogen-bond donors (Lipinski definition) is 2. The summed E-state index contributed by atoms with van der Waals surface area (Å²) in [5.41, 5.74) is 1.84. The van der Waals surface area contributed by atoms with Crippen molar-refractivity contribution in [2.24, 2.45) is 11.8 Å². The van der Waals surface area contributed by atoms with Gasteiger partial charge in [0.05, 0.1) is 11.1 Å². The number of aldehydes is 1. The molecule has 0 saturated carbocycles. The molecule has 0 radical (unpaired) electrons. The highest BCUT2D eigenvalue weighted by molar-refractivity contribution is 5.87. The van der Waals surface area contributed by atoms with Crippen LogP contribution in [0.15, 0.2) is 6.08 Å². The third kappa shape index (κ3) is 4.36. The smallest absolute Gasteiger partial charge is 0.154 e. The minimum atomic E-state index is -0.138. The first-order chi connectivity index (χ1) is 10.3. The highest BCUT2D eigenvalue weighted by Gasteiger charge is 2.17. The van der Waals surface area contributed by atoms with Gasteiger partial charge >= 0.3 is 0 Å². The normalized spacial score (nSPS) is 13.0. The van der Waals surface area contributed by atoms with E-state index in [0.29, 0.717) is 34.8 Å². The van der Waals surface area contributed by atoms with Crippen LogP contribution in [-0.2, 0) is 0 Å². The zero-order valence-corrected chi connectivity index (χ0v) is 14.3. The largest absolute Gasteiger partial charge is 0.507 e. The molecular formula is C19H28O3. The quantitative estimate of drug-likeness (QED) is 0.697. The van der Waals surface area contributed by atoms with Crippen LogP contribution >= 0.6 is 0 Å². The molecule has 0 amide bonds. The second kappa shape index (κ2) is 8.02. The lowest BCUT2D eigenvalue weighted by molar-refractivity contribution is 0.112. The Labute approximate surface area is 133 Å². The molecule has 1 atom stereocenters. The lowest BCUT2D eigenvalue weighted by Crippen LogP contribution is -1.96. The SMILES string of the molecule is Cc1c(C)c(C=O)c(O)c(/C=C/C(C)CCCC(C)C)c1O. The van der Waals surface area contributed by atoms with Gasteiger partial charge in [-0.1, -0.05) is 45.8 Å². The number of phenols is 2. The van der Waals surface area contributed by atoms with E-state index >= 15 is 0 Å². The summed E-state index contributed by atoms with van der Waals surface area (Å²) in [5.74, 6) is 0.977. The summed E-state index contributed by atoms with van der Waals surface area (Å²) in [5, 5.41) is 20.4. The minimum Gasteiger partial charge on any atom is -0.507 e. The van der Waals surface area contributed by atoms with Gasteiger partial charge in [-0.25, -0.2) is 0 Å². The number of carbonyl (C=O) groups excluding carboxylic acids is 1. The fraction of sp³-hybridized carbons (Fsp3) is 0.526. The number of hydrogen-bond acceptors (Lipinski definition) is 3. The Kier molecular flexibility index (Phi) is 6.66. The van der Waals surface area contributed by atoms with Gasteiger partial charge in [-0.3, -0.25) is 4.79 Å². The van der Waals surface area contributed by atoms with Gasteiger partial charge in [0.15, 0.2) is 6.29 Å². The van der Waals surface area contributed by atoms with Crippen molar-refractivity contribution in [2.75, 3.05) is 0 Å². The van der Waals surface area contributed by atoms with Gasteiger partial charge in [-0.2, -0.15) is 0 Å². The van der Waals surface area contributed by atoms with E-state index in [1.54, 1.807) is 19.9 Å². The van der Waals surface area contributed by atoms with Gasteiger partial charge in [-0.05, 0) is 43.2 Å². The highest BCUT2D eigenvalue weighted by atomic mass is 16.3. The van der Waals surface area contributed by atoms with Gasteiger partial charge in [-0.15, -0.1) is 0 Å². The molecule has 0 spiro atoms. The molecule has 1 aromatic rings. The molecule has 0 fully saturated rings. The first-order valence-electron chi connectivity index (χ1n) is 7.98. The number of allylic oxidation sites excluding steroid dienone is 1. The number of carbonyl (C=O) groups is 1. The number of rotatable bonds is 7. The van der Waals surface area contributed by atoms with E-state index in [2.05, 4.69) is 20.8 Å². The van der Waals surface area contributed by atoms with Gasteiger partial charge in [0.1, 0.15) is 11.5 Å². The molecule has 0 aromatic heterocycles. The Hall–Kier alpha value is -1.77. The van der Waals surface area contributed by atoms with Crippen LogP contribution in [0.2, 0.25) is 0 Å². The van der Waals surface area contributed by atoms with Crippen molar-refractivity contribution in [2.45, 2.75) is 53.9 Å². The van der Waals surface area contributed by atoms with E-state index in [4.69, 9.17) is 0 Å². The van der Waals surface area contributed by atoms with Gasteiger partial charge in [0, 0.05) is 0 Å². The molecular weight excluding hydrogens is 276 g/mol. The summed E-state index contributed by atoms with van der Waals surface area (Å²) < 4.78 is 0. The van der Waals surface area contributed by atoms with Crippen LogP contribution in [0, 0.1) is 25.7 Å². The summed E-state index contributed by atoms with van der Waals surface area (Å²) in [6, 6.07) is 0. The highest BCUT2D eigenvalue weighted by Crippen LogP contribution is 2.37. The van der Waals surface area contributed by atoms with Crippen LogP contribution in [0.3, 0.4) is 0 Å². The fourth-order valence-electron chi connectivity index (χ4n) is 2.52. The van der Waals surface area contributed by atoms with Crippen molar-refractivity contribution >= 4 is 12.4 Å². The monoisotopic (exact) mass is 304 g/mol. The van der Waals surface area contributed by atoms with Crippen molar-refractivity contribution in [1.82, 2.24) is 0 Å². The second-order valence-corrected chi connectivity index (χ2v) is 6.55. The maximum absolute atomic E-state index is 11.1. The predicted molar refractivity (Wildman–Crippen MR) is 91.5 cm³/mol. The minimum absolute atomic E-state index is 0.0474. The molecule has 0 bridgehead atoms. The zero-order chi connectivity index (χ0) is 16.9. The standard InChI is InChI=1S/C19H28O3/c1-12(2)7-6-8-13(3)9-10-16-18(21)15(5)14(4)17(11-20)19(16)22/h9-13,21-22H,6-8H2,1-5H3/b10-9+. The van der Waals surface area contributed by atoms with E-state index in [1.807, 2.05) is 6.08 Å². The van der Waals surface area contributed by atoms with Crippen LogP contribution < -0.4 is 0 Å². The first kappa shape index (κ1) is 18.3. The van der Waals surface area contributed by atoms with Crippen molar-refractivity contribution in [3.05, 3.63) is 28.3 Å². The van der Waals surface area contributed by atoms with E-state index in [9.17, 15) is 15.0 Å². The van der Waals surface area contributed by atoms with Crippen molar-refractivity contribution in [1.29, 1.82) is 0 Å². The van der Waals surface area contributed by atoms with Crippen molar-refractivity contribution in [3.63, 3.8) is 0 Å². The van der Waals surface area contributed by atoms with Crippen molar-refractivity contribution in [3.8, 4) is 11.5 Å². The molecule has 122 valence electrons. The number of benzene rings is 1. The van der Waals surface area contributed by atoms with E-state index < -0.39 is 0 Å². The van der Waals surface area contributed by atoms with Crippen LogP contribution in [-0.4, -0.2) is 16.5 Å². The molecule has 1 rings (SSSR count). The van der Waals surface area contributed by atoms with Crippen LogP contribution in [0.1, 0.15) is 67.1 Å². The second-order valence-electron chi connectivity index (χ2n) is 6.55. The lowest BCUT2D eigenvalue weighted by Gasteiger charge is -2.13. The molecule has 1 aromatic carbocycles. The predicted octanol–water partition coefficient (Wildman–Crippen LogP) is 5.00. The molecule has 0 aliphatic heterocycles. The molecule has 0 saturated heterocycles. The average molecular weight is 304 g/mol. The van der Waals surface area contributed by atoms with Gasteiger partial charge in [0.25, 0.3) is 0 Å². The molecule has 3 nitrogen and oxygen atoms in total. The maximum Gasteiger partial charge on any atom is 0.154 e. The third-order valence-corrected chi connectivity index (χ3v) is 4.24. The molecule has 0 aliphatic carbocycles. The molecule has 3 heteroatoms. The maximum atomic E-state index is 11.1. The van der Waals surface area contributed by atoms with Crippen LogP contribution in [0.4, 0.5) is 0 Å².